The second-order valence-electron chi connectivity index (χ2n) is 11.8. The molecule has 4 atom stereocenters. The highest BCUT2D eigenvalue weighted by Gasteiger charge is 2.53. The maximum atomic E-state index is 14.2. The van der Waals surface area contributed by atoms with Crippen LogP contribution in [-0.4, -0.2) is 68.8 Å². The Bertz CT molecular complexity index is 1270. The Labute approximate surface area is 227 Å². The number of likely N-dealkylation sites (tertiary alicyclic amines) is 1. The summed E-state index contributed by atoms with van der Waals surface area (Å²) in [6.45, 7) is 7.15. The largest absolute Gasteiger partial charge is 0.497 e. The summed E-state index contributed by atoms with van der Waals surface area (Å²) in [5.41, 5.74) is 1.99. The molecule has 3 aromatic carbocycles. The lowest BCUT2D eigenvalue weighted by molar-refractivity contribution is -0.0783. The number of methoxy groups -OCH3 is 2. The zero-order chi connectivity index (χ0) is 26.9. The Balaban J connectivity index is 1.56. The van der Waals surface area contributed by atoms with Gasteiger partial charge in [0, 0.05) is 43.1 Å². The summed E-state index contributed by atoms with van der Waals surface area (Å²) in [7, 11) is 5.79. The standard InChI is InChI=1S/C33H42N2O3/c1-23(2)21-35(32(36)26-14-13-24-9-6-7-10-25(24)17-26)28-19-31(38-5)30-22-34(3)16-15-33(30,20-28)27-11-8-12-29(18-27)37-4/h6-14,17-18,23,28,30-31H,15-16,19-22H2,1-5H3/t28-,30-,31?,33-/m0/s1. The van der Waals surface area contributed by atoms with Crippen molar-refractivity contribution in [2.75, 3.05) is 40.9 Å². The van der Waals surface area contributed by atoms with Crippen molar-refractivity contribution < 1.29 is 14.3 Å². The minimum Gasteiger partial charge on any atom is -0.497 e. The van der Waals surface area contributed by atoms with Gasteiger partial charge in [-0.3, -0.25) is 4.79 Å². The molecule has 0 bridgehead atoms. The fourth-order valence-electron chi connectivity index (χ4n) is 7.03. The average molecular weight is 515 g/mol. The quantitative estimate of drug-likeness (QED) is 0.387. The van der Waals surface area contributed by atoms with Gasteiger partial charge in [0.25, 0.3) is 5.91 Å². The normalized spacial score (nSPS) is 25.8. The van der Waals surface area contributed by atoms with E-state index in [1.165, 1.54) is 5.56 Å². The van der Waals surface area contributed by atoms with Gasteiger partial charge in [-0.2, -0.15) is 0 Å². The molecule has 0 radical (unpaired) electrons. The van der Waals surface area contributed by atoms with Crippen LogP contribution in [0.25, 0.3) is 10.8 Å². The molecule has 1 saturated heterocycles. The number of hydrogen-bond acceptors (Lipinski definition) is 4. The van der Waals surface area contributed by atoms with Crippen molar-refractivity contribution in [3.8, 4) is 5.75 Å². The monoisotopic (exact) mass is 514 g/mol. The van der Waals surface area contributed by atoms with Crippen LogP contribution in [0.1, 0.15) is 49.0 Å². The predicted octanol–water partition coefficient (Wildman–Crippen LogP) is 6.01. The van der Waals surface area contributed by atoms with Crippen molar-refractivity contribution >= 4 is 16.7 Å². The van der Waals surface area contributed by atoms with Crippen LogP contribution in [-0.2, 0) is 10.2 Å². The molecule has 0 N–H and O–H groups in total. The van der Waals surface area contributed by atoms with E-state index in [9.17, 15) is 4.79 Å². The van der Waals surface area contributed by atoms with Gasteiger partial charge in [-0.05, 0) is 79.4 Å². The van der Waals surface area contributed by atoms with Crippen LogP contribution >= 0.6 is 0 Å². The molecule has 1 aliphatic heterocycles. The molecule has 5 nitrogen and oxygen atoms in total. The Hall–Kier alpha value is -2.89. The van der Waals surface area contributed by atoms with E-state index in [0.717, 1.165) is 61.0 Å². The fourth-order valence-corrected chi connectivity index (χ4v) is 7.03. The third-order valence-corrected chi connectivity index (χ3v) is 8.92. The summed E-state index contributed by atoms with van der Waals surface area (Å²) < 4.78 is 11.9. The van der Waals surface area contributed by atoms with E-state index in [2.05, 4.69) is 73.2 Å². The third kappa shape index (κ3) is 5.06. The molecule has 0 aromatic heterocycles. The van der Waals surface area contributed by atoms with Gasteiger partial charge >= 0.3 is 0 Å². The number of piperidine rings is 1. The number of rotatable bonds is 7. The van der Waals surface area contributed by atoms with Crippen molar-refractivity contribution in [2.45, 2.75) is 50.7 Å². The molecule has 5 rings (SSSR count). The molecule has 1 aliphatic carbocycles. The predicted molar refractivity (Wildman–Crippen MR) is 154 cm³/mol. The molecule has 1 heterocycles. The van der Waals surface area contributed by atoms with Crippen LogP contribution in [0.4, 0.5) is 0 Å². The highest BCUT2D eigenvalue weighted by atomic mass is 16.5. The molecule has 2 fully saturated rings. The van der Waals surface area contributed by atoms with Crippen molar-refractivity contribution in [1.29, 1.82) is 0 Å². The molecule has 3 aromatic rings. The first-order valence-corrected chi connectivity index (χ1v) is 14.0. The first-order chi connectivity index (χ1) is 18.3. The summed E-state index contributed by atoms with van der Waals surface area (Å²) in [5, 5.41) is 2.26. The lowest BCUT2D eigenvalue weighted by Crippen LogP contribution is -2.61. The van der Waals surface area contributed by atoms with E-state index in [1.54, 1.807) is 7.11 Å². The van der Waals surface area contributed by atoms with Crippen molar-refractivity contribution in [3.05, 3.63) is 77.9 Å². The minimum absolute atomic E-state index is 0.0711. The Morgan fingerprint density at radius 3 is 2.58 bits per heavy atom. The number of benzene rings is 3. The summed E-state index contributed by atoms with van der Waals surface area (Å²) in [6.07, 6.45) is 2.90. The molecule has 202 valence electrons. The molecule has 1 saturated carbocycles. The maximum absolute atomic E-state index is 14.2. The van der Waals surface area contributed by atoms with Gasteiger partial charge < -0.3 is 19.3 Å². The third-order valence-electron chi connectivity index (χ3n) is 8.92. The summed E-state index contributed by atoms with van der Waals surface area (Å²) >= 11 is 0. The number of hydrogen-bond donors (Lipinski definition) is 0. The molecule has 2 aliphatic rings. The molecule has 0 spiro atoms. The van der Waals surface area contributed by atoms with E-state index in [1.807, 2.05) is 31.4 Å². The molecule has 38 heavy (non-hydrogen) atoms. The van der Waals surface area contributed by atoms with E-state index < -0.39 is 0 Å². The highest BCUT2D eigenvalue weighted by molar-refractivity contribution is 5.98. The maximum Gasteiger partial charge on any atom is 0.254 e. The van der Waals surface area contributed by atoms with Crippen molar-refractivity contribution in [2.24, 2.45) is 11.8 Å². The van der Waals surface area contributed by atoms with E-state index in [-0.39, 0.29) is 23.5 Å². The second kappa shape index (κ2) is 11.1. The molecular weight excluding hydrogens is 472 g/mol. The number of nitrogens with zero attached hydrogens (tertiary/aromatic N) is 2. The Kier molecular flexibility index (Phi) is 7.78. The lowest BCUT2D eigenvalue weighted by atomic mass is 9.56. The topological polar surface area (TPSA) is 42.0 Å². The van der Waals surface area contributed by atoms with Crippen LogP contribution in [0.5, 0.6) is 5.75 Å². The summed E-state index contributed by atoms with van der Waals surface area (Å²) in [4.78, 5) is 18.8. The summed E-state index contributed by atoms with van der Waals surface area (Å²) in [5.74, 6) is 1.73. The smallest absolute Gasteiger partial charge is 0.254 e. The number of amides is 1. The van der Waals surface area contributed by atoms with E-state index in [0.29, 0.717) is 11.8 Å². The number of fused-ring (bicyclic) bond motifs is 2. The Morgan fingerprint density at radius 1 is 1.05 bits per heavy atom. The van der Waals surface area contributed by atoms with Crippen LogP contribution in [0, 0.1) is 11.8 Å². The van der Waals surface area contributed by atoms with E-state index in [4.69, 9.17) is 9.47 Å². The van der Waals surface area contributed by atoms with Crippen molar-refractivity contribution in [1.82, 2.24) is 9.80 Å². The number of carbonyl (C=O) groups is 1. The number of ether oxygens (including phenoxy) is 2. The lowest BCUT2D eigenvalue weighted by Gasteiger charge is -2.56. The van der Waals surface area contributed by atoms with Crippen LogP contribution in [0.15, 0.2) is 66.7 Å². The van der Waals surface area contributed by atoms with E-state index >= 15 is 0 Å². The van der Waals surface area contributed by atoms with Crippen LogP contribution in [0.3, 0.4) is 0 Å². The van der Waals surface area contributed by atoms with Gasteiger partial charge in [-0.1, -0.05) is 56.3 Å². The van der Waals surface area contributed by atoms with Gasteiger partial charge in [0.2, 0.25) is 0 Å². The highest BCUT2D eigenvalue weighted by Crippen LogP contribution is 2.51. The molecule has 5 heteroatoms. The number of carbonyl (C=O) groups excluding carboxylic acids is 1. The zero-order valence-electron chi connectivity index (χ0n) is 23.5. The fraction of sp³-hybridized carbons (Fsp3) is 0.485. The van der Waals surface area contributed by atoms with Gasteiger partial charge in [0.05, 0.1) is 13.2 Å². The SMILES string of the molecule is COc1cccc([C@@]23CCN(C)C[C@H]2C(OC)C[C@H](N(CC(C)C)C(=O)c2ccc4ccccc4c2)C3)c1. The molecular formula is C33H42N2O3. The first-order valence-electron chi connectivity index (χ1n) is 14.0. The Morgan fingerprint density at radius 2 is 1.84 bits per heavy atom. The first kappa shape index (κ1) is 26.7. The summed E-state index contributed by atoms with van der Waals surface area (Å²) in [6, 6.07) is 23.1. The zero-order valence-corrected chi connectivity index (χ0v) is 23.5. The molecule has 1 amide bonds. The van der Waals surface area contributed by atoms with Crippen molar-refractivity contribution in [3.63, 3.8) is 0 Å². The van der Waals surface area contributed by atoms with Gasteiger partial charge in [0.1, 0.15) is 5.75 Å². The second-order valence-corrected chi connectivity index (χ2v) is 11.8. The minimum atomic E-state index is -0.0798. The van der Waals surface area contributed by atoms with Crippen LogP contribution in [0.2, 0.25) is 0 Å². The molecule has 1 unspecified atom stereocenters. The van der Waals surface area contributed by atoms with Crippen LogP contribution < -0.4 is 4.74 Å². The average Bonchev–Trinajstić information content (AvgIpc) is 2.94. The van der Waals surface area contributed by atoms with Gasteiger partial charge in [0.15, 0.2) is 0 Å². The van der Waals surface area contributed by atoms with Gasteiger partial charge in [-0.15, -0.1) is 0 Å². The van der Waals surface area contributed by atoms with Gasteiger partial charge in [-0.25, -0.2) is 0 Å².